The predicted octanol–water partition coefficient (Wildman–Crippen LogP) is 0.975. The average Bonchev–Trinajstić information content (AvgIpc) is 1.33. The van der Waals surface area contributed by atoms with E-state index in [0.29, 0.717) is 0 Å². The molecule has 0 unspecified atom stereocenters. The number of carbonyl (C=O) groups is 1. The second-order valence-electron chi connectivity index (χ2n) is 0.550. The molecular weight excluding hydrogens is 203 g/mol. The minimum atomic E-state index is -1.83. The summed E-state index contributed by atoms with van der Waals surface area (Å²) in [6.07, 6.45) is -1.83. The van der Waals surface area contributed by atoms with Gasteiger partial charge in [-0.1, -0.05) is 22.9 Å². The molecule has 2 N–H and O–H groups in total. The Bertz CT molecular complexity index is 45.8. The number of halogens is 1. The Morgan fingerprint density at radius 1 is 1.62 bits per heavy atom. The van der Waals surface area contributed by atoms with Crippen LogP contribution in [0.4, 0.5) is 4.79 Å². The molecule has 5 heteroatoms. The van der Waals surface area contributed by atoms with Crippen molar-refractivity contribution in [3.8, 4) is 0 Å². The van der Waals surface area contributed by atoms with Crippen molar-refractivity contribution in [2.24, 2.45) is 0 Å². The molecule has 0 aromatic carbocycles. The molecule has 3 nitrogen and oxygen atoms in total. The van der Waals surface area contributed by atoms with Crippen molar-refractivity contribution in [3.63, 3.8) is 0 Å². The molecule has 0 aromatic heterocycles. The summed E-state index contributed by atoms with van der Waals surface area (Å²) >= 11 is 3.15. The zero-order valence-corrected chi connectivity index (χ0v) is 5.47. The van der Waals surface area contributed by atoms with Crippen molar-refractivity contribution in [2.75, 3.05) is 5.33 Å². The fourth-order valence-corrected chi connectivity index (χ4v) is 0. The van der Waals surface area contributed by atoms with E-state index < -0.39 is 6.16 Å². The second kappa shape index (κ2) is 15.8. The van der Waals surface area contributed by atoms with Crippen LogP contribution in [-0.4, -0.2) is 73.1 Å². The van der Waals surface area contributed by atoms with Crippen LogP contribution in [0, 0.1) is 0 Å². The van der Waals surface area contributed by atoms with Crippen molar-refractivity contribution in [1.82, 2.24) is 0 Å². The van der Waals surface area contributed by atoms with Gasteiger partial charge in [0.1, 0.15) is 0 Å². The molecule has 0 saturated carbocycles. The first kappa shape index (κ1) is 16.2. The third kappa shape index (κ3) is 157. The predicted molar refractivity (Wildman–Crippen MR) is 37.3 cm³/mol. The standard InChI is InChI=1S/C2H5Br.CH2O3.K.H/c1-2-3;2-1(3)4;;/h2H2,1H3;(H2,2,3,4);;. The fourth-order valence-electron chi connectivity index (χ4n) is 0. The van der Waals surface area contributed by atoms with E-state index >= 15 is 0 Å². The van der Waals surface area contributed by atoms with Gasteiger partial charge in [-0.05, 0) is 0 Å². The Morgan fingerprint density at radius 3 is 1.62 bits per heavy atom. The van der Waals surface area contributed by atoms with Crippen LogP contribution in [0.1, 0.15) is 6.92 Å². The van der Waals surface area contributed by atoms with Crippen molar-refractivity contribution in [2.45, 2.75) is 6.92 Å². The van der Waals surface area contributed by atoms with Crippen LogP contribution in [0.5, 0.6) is 0 Å². The average molecular weight is 211 g/mol. The molecule has 0 saturated heterocycles. The van der Waals surface area contributed by atoms with Crippen LogP contribution in [0.2, 0.25) is 0 Å². The fraction of sp³-hybridized carbons (Fsp3) is 0.667. The van der Waals surface area contributed by atoms with Gasteiger partial charge in [0.05, 0.1) is 0 Å². The van der Waals surface area contributed by atoms with Gasteiger partial charge >= 0.3 is 57.5 Å². The SMILES string of the molecule is CCBr.O=C(O)O.[KH]. The summed E-state index contributed by atoms with van der Waals surface area (Å²) in [5.41, 5.74) is 0. The van der Waals surface area contributed by atoms with Gasteiger partial charge in [0.15, 0.2) is 0 Å². The Hall–Kier alpha value is 1.39. The van der Waals surface area contributed by atoms with E-state index in [1.165, 1.54) is 0 Å². The summed E-state index contributed by atoms with van der Waals surface area (Å²) < 4.78 is 0. The van der Waals surface area contributed by atoms with Gasteiger partial charge in [-0.3, -0.25) is 0 Å². The molecule has 0 fully saturated rings. The van der Waals surface area contributed by atoms with Crippen LogP contribution in [0.25, 0.3) is 0 Å². The van der Waals surface area contributed by atoms with E-state index in [9.17, 15) is 0 Å². The number of hydrogen-bond acceptors (Lipinski definition) is 1. The maximum absolute atomic E-state index is 8.56. The number of alkyl halides is 1. The number of carboxylic acid groups (broad SMARTS) is 2. The Morgan fingerprint density at radius 2 is 1.62 bits per heavy atom. The molecule has 0 spiro atoms. The van der Waals surface area contributed by atoms with E-state index in [4.69, 9.17) is 15.0 Å². The zero-order chi connectivity index (χ0) is 6.28. The molecule has 0 radical (unpaired) electrons. The second-order valence-corrected chi connectivity index (χ2v) is 1.67. The topological polar surface area (TPSA) is 57.5 Å². The molecular formula is C3H8BrKO3. The third-order valence-electron chi connectivity index (χ3n) is 0. The maximum atomic E-state index is 8.56. The van der Waals surface area contributed by atoms with Gasteiger partial charge in [-0.15, -0.1) is 0 Å². The van der Waals surface area contributed by atoms with Gasteiger partial charge in [0.25, 0.3) is 0 Å². The van der Waals surface area contributed by atoms with Gasteiger partial charge < -0.3 is 10.2 Å². The summed E-state index contributed by atoms with van der Waals surface area (Å²) in [6.45, 7) is 2.04. The Balaban J connectivity index is -0.0000000575. The van der Waals surface area contributed by atoms with Crippen LogP contribution in [0.15, 0.2) is 0 Å². The van der Waals surface area contributed by atoms with Gasteiger partial charge in [0, 0.05) is 5.33 Å². The molecule has 0 aromatic rings. The van der Waals surface area contributed by atoms with Crippen LogP contribution >= 0.6 is 15.9 Å². The minimum absolute atomic E-state index is 0. The molecule has 0 bridgehead atoms. The van der Waals surface area contributed by atoms with Gasteiger partial charge in [-0.25, -0.2) is 4.79 Å². The number of hydrogen-bond donors (Lipinski definition) is 2. The molecule has 0 aliphatic carbocycles. The van der Waals surface area contributed by atoms with Crippen molar-refractivity contribution in [1.29, 1.82) is 0 Å². The molecule has 0 heterocycles. The van der Waals surface area contributed by atoms with Crippen molar-refractivity contribution in [3.05, 3.63) is 0 Å². The molecule has 0 rings (SSSR count). The van der Waals surface area contributed by atoms with E-state index in [2.05, 4.69) is 15.9 Å². The normalized spacial score (nSPS) is 5.25. The molecule has 0 aliphatic rings. The van der Waals surface area contributed by atoms with Crippen LogP contribution < -0.4 is 0 Å². The van der Waals surface area contributed by atoms with E-state index in [1.807, 2.05) is 6.92 Å². The van der Waals surface area contributed by atoms with E-state index in [0.717, 1.165) is 5.33 Å². The summed E-state index contributed by atoms with van der Waals surface area (Å²) in [4.78, 5) is 8.56. The summed E-state index contributed by atoms with van der Waals surface area (Å²) in [5, 5.41) is 15.0. The summed E-state index contributed by atoms with van der Waals surface area (Å²) in [5.74, 6) is 0. The number of rotatable bonds is 0. The first-order valence-corrected chi connectivity index (χ1v) is 2.75. The first-order chi connectivity index (χ1) is 3.15. The van der Waals surface area contributed by atoms with Crippen molar-refractivity contribution >= 4 is 73.5 Å². The Kier molecular flexibility index (Phi) is 31.9. The molecule has 0 aliphatic heterocycles. The summed E-state index contributed by atoms with van der Waals surface area (Å²) in [7, 11) is 0. The van der Waals surface area contributed by atoms with E-state index in [-0.39, 0.29) is 51.4 Å². The molecule has 0 atom stereocenters. The van der Waals surface area contributed by atoms with Crippen molar-refractivity contribution < 1.29 is 15.0 Å². The monoisotopic (exact) mass is 210 g/mol. The molecule has 0 amide bonds. The van der Waals surface area contributed by atoms with Crippen LogP contribution in [-0.2, 0) is 0 Å². The van der Waals surface area contributed by atoms with Gasteiger partial charge in [-0.2, -0.15) is 0 Å². The molecule has 8 heavy (non-hydrogen) atoms. The molecule has 46 valence electrons. The van der Waals surface area contributed by atoms with Gasteiger partial charge in [0.2, 0.25) is 0 Å². The quantitative estimate of drug-likeness (QED) is 0.463. The third-order valence-corrected chi connectivity index (χ3v) is 0. The Labute approximate surface area is 99.0 Å². The van der Waals surface area contributed by atoms with Crippen LogP contribution in [0.3, 0.4) is 0 Å². The zero-order valence-electron chi connectivity index (χ0n) is 3.89. The van der Waals surface area contributed by atoms with E-state index in [1.54, 1.807) is 0 Å². The summed E-state index contributed by atoms with van der Waals surface area (Å²) in [6, 6.07) is 0. The first-order valence-electron chi connectivity index (χ1n) is 1.63.